The third kappa shape index (κ3) is 2.59. The monoisotopic (exact) mass is 428 g/mol. The fourth-order valence-electron chi connectivity index (χ4n) is 5.59. The molecule has 3 unspecified atom stereocenters. The molecule has 0 N–H and O–H groups in total. The minimum absolute atomic E-state index is 0.000486. The van der Waals surface area contributed by atoms with Gasteiger partial charge in [0.1, 0.15) is 6.04 Å². The minimum atomic E-state index is -0.515. The second kappa shape index (κ2) is 6.86. The molecule has 2 bridgehead atoms. The van der Waals surface area contributed by atoms with E-state index in [0.29, 0.717) is 16.5 Å². The molecule has 0 saturated carbocycles. The van der Waals surface area contributed by atoms with E-state index in [9.17, 15) is 19.7 Å². The zero-order valence-corrected chi connectivity index (χ0v) is 17.1. The molecule has 3 fully saturated rings. The van der Waals surface area contributed by atoms with Gasteiger partial charge in [0, 0.05) is 36.6 Å². The molecule has 3 amide bonds. The molecule has 0 spiro atoms. The number of amides is 3. The van der Waals surface area contributed by atoms with Gasteiger partial charge in [-0.15, -0.1) is 0 Å². The lowest BCUT2D eigenvalue weighted by atomic mass is 10.0. The van der Waals surface area contributed by atoms with Gasteiger partial charge in [-0.2, -0.15) is 0 Å². The highest BCUT2D eigenvalue weighted by molar-refractivity contribution is 6.25. The molecule has 32 heavy (non-hydrogen) atoms. The second-order valence-corrected chi connectivity index (χ2v) is 8.59. The Morgan fingerprint density at radius 1 is 0.938 bits per heavy atom. The Bertz CT molecular complexity index is 1280. The molecule has 0 aromatic heterocycles. The minimum Gasteiger partial charge on any atom is -0.306 e. The maximum atomic E-state index is 13.6. The average Bonchev–Trinajstić information content (AvgIpc) is 3.45. The first kappa shape index (κ1) is 18.9. The molecule has 0 radical (unpaired) electrons. The third-order valence-electron chi connectivity index (χ3n) is 6.92. The molecule has 0 aliphatic carbocycles. The number of nitro benzene ring substituents is 1. The Morgan fingerprint density at radius 3 is 2.41 bits per heavy atom. The SMILES string of the molecule is O=C1C2C3CC(CN3Cc3ccccc3)N2C(=O)N1c1ccc([N+](=O)[O-])c2ccccc12. The predicted molar refractivity (Wildman–Crippen MR) is 118 cm³/mol. The van der Waals surface area contributed by atoms with Crippen molar-refractivity contribution in [1.82, 2.24) is 9.80 Å². The van der Waals surface area contributed by atoms with Gasteiger partial charge >= 0.3 is 6.03 Å². The molecule has 6 rings (SSSR count). The molecule has 160 valence electrons. The average molecular weight is 428 g/mol. The van der Waals surface area contributed by atoms with Crippen LogP contribution >= 0.6 is 0 Å². The van der Waals surface area contributed by atoms with Crippen LogP contribution in [-0.4, -0.2) is 51.3 Å². The number of urea groups is 1. The summed E-state index contributed by atoms with van der Waals surface area (Å²) in [5, 5.41) is 12.4. The number of benzene rings is 3. The van der Waals surface area contributed by atoms with Gasteiger partial charge in [-0.25, -0.2) is 9.69 Å². The van der Waals surface area contributed by atoms with Gasteiger partial charge in [-0.3, -0.25) is 19.8 Å². The number of imide groups is 1. The summed E-state index contributed by atoms with van der Waals surface area (Å²) >= 11 is 0. The number of fused-ring (bicyclic) bond motifs is 6. The normalized spacial score (nSPS) is 24.6. The lowest BCUT2D eigenvalue weighted by Gasteiger charge is -2.34. The first-order chi connectivity index (χ1) is 15.5. The molecule has 8 nitrogen and oxygen atoms in total. The van der Waals surface area contributed by atoms with Crippen molar-refractivity contribution in [2.45, 2.75) is 31.1 Å². The van der Waals surface area contributed by atoms with Gasteiger partial charge in [0.2, 0.25) is 0 Å². The van der Waals surface area contributed by atoms with Crippen LogP contribution in [0.15, 0.2) is 66.7 Å². The maximum absolute atomic E-state index is 13.6. The van der Waals surface area contributed by atoms with E-state index in [2.05, 4.69) is 17.0 Å². The second-order valence-electron chi connectivity index (χ2n) is 8.59. The van der Waals surface area contributed by atoms with Crippen molar-refractivity contribution < 1.29 is 14.5 Å². The summed E-state index contributed by atoms with van der Waals surface area (Å²) in [5.41, 5.74) is 1.55. The number of non-ortho nitro benzene ring substituents is 1. The van der Waals surface area contributed by atoms with Crippen LogP contribution in [0.4, 0.5) is 16.2 Å². The Kier molecular flexibility index (Phi) is 4.06. The van der Waals surface area contributed by atoms with Crippen LogP contribution in [0.1, 0.15) is 12.0 Å². The molecular weight excluding hydrogens is 408 g/mol. The Labute approximate surface area is 183 Å². The third-order valence-corrected chi connectivity index (χ3v) is 6.92. The van der Waals surface area contributed by atoms with Crippen LogP contribution in [0.3, 0.4) is 0 Å². The standard InChI is InChI=1S/C24H20N4O4/c29-23-22-21-12-16(14-25(21)13-15-6-2-1-3-7-15)26(22)24(30)27(23)19-10-11-20(28(31)32)18-9-5-4-8-17(18)19/h1-11,16,21-22H,12-14H2. The highest BCUT2D eigenvalue weighted by Crippen LogP contribution is 2.44. The molecule has 3 aliphatic rings. The summed E-state index contributed by atoms with van der Waals surface area (Å²) in [4.78, 5) is 43.2. The van der Waals surface area contributed by atoms with Crippen LogP contribution in [0.25, 0.3) is 10.8 Å². The van der Waals surface area contributed by atoms with Crippen LogP contribution in [0.5, 0.6) is 0 Å². The Balaban J connectivity index is 1.36. The number of carbonyl (C=O) groups excluding carboxylic acids is 2. The van der Waals surface area contributed by atoms with Crippen molar-refractivity contribution >= 4 is 34.1 Å². The molecule has 3 aromatic rings. The van der Waals surface area contributed by atoms with Crippen molar-refractivity contribution in [2.75, 3.05) is 11.4 Å². The number of piperazine rings is 1. The predicted octanol–water partition coefficient (Wildman–Crippen LogP) is 3.54. The van der Waals surface area contributed by atoms with Crippen molar-refractivity contribution in [2.24, 2.45) is 0 Å². The fourth-order valence-corrected chi connectivity index (χ4v) is 5.59. The number of anilines is 1. The van der Waals surface area contributed by atoms with E-state index in [0.717, 1.165) is 19.5 Å². The summed E-state index contributed by atoms with van der Waals surface area (Å²) < 4.78 is 0. The summed E-state index contributed by atoms with van der Waals surface area (Å²) in [5.74, 6) is -0.251. The van der Waals surface area contributed by atoms with Crippen LogP contribution < -0.4 is 4.90 Å². The Hall–Kier alpha value is -3.78. The lowest BCUT2D eigenvalue weighted by molar-refractivity contribution is -0.383. The zero-order chi connectivity index (χ0) is 22.0. The van der Waals surface area contributed by atoms with Gasteiger partial charge < -0.3 is 4.90 Å². The number of nitro groups is 1. The van der Waals surface area contributed by atoms with Crippen LogP contribution in [-0.2, 0) is 11.3 Å². The summed E-state index contributed by atoms with van der Waals surface area (Å²) in [6.45, 7) is 1.48. The van der Waals surface area contributed by atoms with Gasteiger partial charge in [0.25, 0.3) is 11.6 Å². The smallest absolute Gasteiger partial charge is 0.306 e. The van der Waals surface area contributed by atoms with Gasteiger partial charge in [0.15, 0.2) is 0 Å². The molecule has 3 atom stereocenters. The zero-order valence-electron chi connectivity index (χ0n) is 17.1. The summed E-state index contributed by atoms with van der Waals surface area (Å²) in [6, 6.07) is 19.0. The van der Waals surface area contributed by atoms with Gasteiger partial charge in [-0.05, 0) is 24.1 Å². The highest BCUT2D eigenvalue weighted by atomic mass is 16.6. The highest BCUT2D eigenvalue weighted by Gasteiger charge is 2.62. The number of hydrogen-bond donors (Lipinski definition) is 0. The summed E-state index contributed by atoms with van der Waals surface area (Å²) in [7, 11) is 0. The lowest BCUT2D eigenvalue weighted by Crippen LogP contribution is -2.52. The summed E-state index contributed by atoms with van der Waals surface area (Å²) in [6.07, 6.45) is 0.795. The van der Waals surface area contributed by atoms with Crippen molar-refractivity contribution in [3.05, 3.63) is 82.4 Å². The largest absolute Gasteiger partial charge is 0.332 e. The number of likely N-dealkylation sites (tertiary alicyclic amines) is 1. The van der Waals surface area contributed by atoms with Crippen molar-refractivity contribution in [3.63, 3.8) is 0 Å². The van der Waals surface area contributed by atoms with E-state index >= 15 is 0 Å². The fraction of sp³-hybridized carbons (Fsp3) is 0.250. The van der Waals surface area contributed by atoms with E-state index in [1.165, 1.54) is 22.6 Å². The van der Waals surface area contributed by atoms with Gasteiger partial charge in [-0.1, -0.05) is 48.5 Å². The maximum Gasteiger partial charge on any atom is 0.332 e. The number of nitrogens with zero attached hydrogens (tertiary/aromatic N) is 4. The van der Waals surface area contributed by atoms with Crippen molar-refractivity contribution in [1.29, 1.82) is 0 Å². The van der Waals surface area contributed by atoms with Crippen LogP contribution in [0, 0.1) is 10.1 Å². The molecule has 8 heteroatoms. The first-order valence-electron chi connectivity index (χ1n) is 10.6. The van der Waals surface area contributed by atoms with Crippen molar-refractivity contribution in [3.8, 4) is 0 Å². The number of hydrogen-bond acceptors (Lipinski definition) is 5. The van der Waals surface area contributed by atoms with E-state index < -0.39 is 11.0 Å². The van der Waals surface area contributed by atoms with E-state index in [1.807, 2.05) is 18.2 Å². The molecule has 3 aliphatic heterocycles. The van der Waals surface area contributed by atoms with E-state index in [-0.39, 0.29) is 29.7 Å². The van der Waals surface area contributed by atoms with Gasteiger partial charge in [0.05, 0.1) is 16.0 Å². The van der Waals surface area contributed by atoms with E-state index in [4.69, 9.17) is 0 Å². The number of carbonyl (C=O) groups is 2. The topological polar surface area (TPSA) is 87.0 Å². The first-order valence-corrected chi connectivity index (χ1v) is 10.6. The molecule has 3 saturated heterocycles. The quantitative estimate of drug-likeness (QED) is 0.360. The van der Waals surface area contributed by atoms with Crippen LogP contribution in [0.2, 0.25) is 0 Å². The Morgan fingerprint density at radius 2 is 1.66 bits per heavy atom. The van der Waals surface area contributed by atoms with E-state index in [1.54, 1.807) is 29.2 Å². The molecule has 3 aromatic carbocycles. The molecule has 3 heterocycles. The molecular formula is C24H20N4O4. The number of rotatable bonds is 4.